The van der Waals surface area contributed by atoms with E-state index in [0.717, 1.165) is 16.8 Å². The standard InChI is InChI=1S/C20H22N2O3/c23-19(14-22-12-10-17(11-13-22)20(24)25)21-18-8-6-16(7-9-18)15-4-2-1-3-5-15/h1-9,17H,10-14H2,(H,21,23)(H,24,25). The van der Waals surface area contributed by atoms with Gasteiger partial charge in [-0.15, -0.1) is 0 Å². The molecule has 5 nitrogen and oxygen atoms in total. The van der Waals surface area contributed by atoms with Crippen molar-refractivity contribution < 1.29 is 14.7 Å². The maximum absolute atomic E-state index is 12.2. The molecule has 0 radical (unpaired) electrons. The van der Waals surface area contributed by atoms with Gasteiger partial charge in [-0.3, -0.25) is 14.5 Å². The van der Waals surface area contributed by atoms with E-state index in [1.54, 1.807) is 0 Å². The number of carbonyl (C=O) groups is 2. The van der Waals surface area contributed by atoms with Crippen LogP contribution in [0.15, 0.2) is 54.6 Å². The van der Waals surface area contributed by atoms with Crippen molar-refractivity contribution >= 4 is 17.6 Å². The lowest BCUT2D eigenvalue weighted by Crippen LogP contribution is -2.40. The highest BCUT2D eigenvalue weighted by molar-refractivity contribution is 5.92. The summed E-state index contributed by atoms with van der Waals surface area (Å²) in [6.45, 7) is 1.60. The second-order valence-corrected chi connectivity index (χ2v) is 6.38. The Bertz CT molecular complexity index is 720. The van der Waals surface area contributed by atoms with Crippen molar-refractivity contribution in [3.8, 4) is 11.1 Å². The van der Waals surface area contributed by atoms with Crippen molar-refractivity contribution in [1.82, 2.24) is 4.90 Å². The Kier molecular flexibility index (Phi) is 5.46. The van der Waals surface area contributed by atoms with Gasteiger partial charge in [0.05, 0.1) is 12.5 Å². The fraction of sp³-hybridized carbons (Fsp3) is 0.300. The summed E-state index contributed by atoms with van der Waals surface area (Å²) in [7, 11) is 0. The molecule has 2 N–H and O–H groups in total. The molecule has 0 unspecified atom stereocenters. The molecule has 2 aromatic rings. The fourth-order valence-corrected chi connectivity index (χ4v) is 3.12. The van der Waals surface area contributed by atoms with Crippen LogP contribution in [-0.4, -0.2) is 41.5 Å². The van der Waals surface area contributed by atoms with E-state index in [4.69, 9.17) is 5.11 Å². The number of carboxylic acids is 1. The summed E-state index contributed by atoms with van der Waals surface area (Å²) in [5.74, 6) is -1.08. The van der Waals surface area contributed by atoms with Gasteiger partial charge in [0.25, 0.3) is 0 Å². The van der Waals surface area contributed by atoms with Crippen LogP contribution >= 0.6 is 0 Å². The van der Waals surface area contributed by atoms with Crippen molar-refractivity contribution in [2.45, 2.75) is 12.8 Å². The van der Waals surface area contributed by atoms with Crippen LogP contribution in [0.3, 0.4) is 0 Å². The van der Waals surface area contributed by atoms with Crippen LogP contribution in [-0.2, 0) is 9.59 Å². The number of rotatable bonds is 5. The Morgan fingerprint density at radius 2 is 1.56 bits per heavy atom. The van der Waals surface area contributed by atoms with Gasteiger partial charge in [-0.2, -0.15) is 0 Å². The van der Waals surface area contributed by atoms with Crippen LogP contribution in [0.4, 0.5) is 5.69 Å². The van der Waals surface area contributed by atoms with E-state index < -0.39 is 5.97 Å². The number of amides is 1. The molecular formula is C20H22N2O3. The first-order chi connectivity index (χ1) is 12.1. The number of carbonyl (C=O) groups excluding carboxylic acids is 1. The molecule has 0 saturated carbocycles. The van der Waals surface area contributed by atoms with Gasteiger partial charge >= 0.3 is 5.97 Å². The molecule has 2 aromatic carbocycles. The van der Waals surface area contributed by atoms with Gasteiger partial charge in [-0.1, -0.05) is 42.5 Å². The number of anilines is 1. The Labute approximate surface area is 147 Å². The first-order valence-corrected chi connectivity index (χ1v) is 8.52. The minimum Gasteiger partial charge on any atom is -0.481 e. The zero-order chi connectivity index (χ0) is 17.6. The van der Waals surface area contributed by atoms with Crippen molar-refractivity contribution in [3.05, 3.63) is 54.6 Å². The number of benzene rings is 2. The van der Waals surface area contributed by atoms with Crippen molar-refractivity contribution in [2.75, 3.05) is 25.0 Å². The van der Waals surface area contributed by atoms with Crippen molar-refractivity contribution in [1.29, 1.82) is 0 Å². The highest BCUT2D eigenvalue weighted by atomic mass is 16.4. The minimum absolute atomic E-state index is 0.0683. The van der Waals surface area contributed by atoms with E-state index in [-0.39, 0.29) is 11.8 Å². The topological polar surface area (TPSA) is 69.6 Å². The van der Waals surface area contributed by atoms with Gasteiger partial charge in [-0.25, -0.2) is 0 Å². The predicted molar refractivity (Wildman–Crippen MR) is 97.3 cm³/mol. The SMILES string of the molecule is O=C(CN1CCC(C(=O)O)CC1)Nc1ccc(-c2ccccc2)cc1. The molecule has 0 aliphatic carbocycles. The predicted octanol–water partition coefficient (Wildman–Crippen LogP) is 3.09. The average Bonchev–Trinajstić information content (AvgIpc) is 2.63. The van der Waals surface area contributed by atoms with E-state index in [1.165, 1.54) is 0 Å². The summed E-state index contributed by atoms with van der Waals surface area (Å²) in [5.41, 5.74) is 3.01. The highest BCUT2D eigenvalue weighted by Crippen LogP contribution is 2.21. The molecule has 1 fully saturated rings. The Balaban J connectivity index is 1.51. The summed E-state index contributed by atoms with van der Waals surface area (Å²) in [6, 6.07) is 17.9. The number of nitrogens with one attached hydrogen (secondary N) is 1. The molecule has 1 heterocycles. The summed E-state index contributed by atoms with van der Waals surface area (Å²) in [4.78, 5) is 25.1. The summed E-state index contributed by atoms with van der Waals surface area (Å²) in [6.07, 6.45) is 1.21. The Morgan fingerprint density at radius 1 is 0.960 bits per heavy atom. The zero-order valence-electron chi connectivity index (χ0n) is 14.0. The van der Waals surface area contributed by atoms with Gasteiger partial charge in [0.2, 0.25) is 5.91 Å². The first kappa shape index (κ1) is 17.2. The van der Waals surface area contributed by atoms with E-state index in [2.05, 4.69) is 5.32 Å². The molecule has 5 heteroatoms. The lowest BCUT2D eigenvalue weighted by Gasteiger charge is -2.29. The molecule has 0 atom stereocenters. The van der Waals surface area contributed by atoms with E-state index in [0.29, 0.717) is 32.5 Å². The van der Waals surface area contributed by atoms with Gasteiger partial charge in [0.15, 0.2) is 0 Å². The van der Waals surface area contributed by atoms with Gasteiger partial charge < -0.3 is 10.4 Å². The third-order valence-electron chi connectivity index (χ3n) is 4.58. The highest BCUT2D eigenvalue weighted by Gasteiger charge is 2.25. The summed E-state index contributed by atoms with van der Waals surface area (Å²) in [5, 5.41) is 11.9. The van der Waals surface area contributed by atoms with Crippen LogP contribution in [0.25, 0.3) is 11.1 Å². The molecule has 0 bridgehead atoms. The normalized spacial score (nSPS) is 15.7. The molecule has 1 amide bonds. The molecule has 130 valence electrons. The second kappa shape index (κ2) is 7.94. The van der Waals surface area contributed by atoms with Crippen LogP contribution in [0, 0.1) is 5.92 Å². The fourth-order valence-electron chi connectivity index (χ4n) is 3.12. The van der Waals surface area contributed by atoms with Crippen LogP contribution in [0.1, 0.15) is 12.8 Å². The lowest BCUT2D eigenvalue weighted by atomic mass is 9.97. The molecule has 0 spiro atoms. The summed E-state index contributed by atoms with van der Waals surface area (Å²) < 4.78 is 0. The third kappa shape index (κ3) is 4.67. The molecule has 1 aliphatic rings. The van der Waals surface area contributed by atoms with Crippen molar-refractivity contribution in [3.63, 3.8) is 0 Å². The quantitative estimate of drug-likeness (QED) is 0.879. The van der Waals surface area contributed by atoms with Crippen molar-refractivity contribution in [2.24, 2.45) is 5.92 Å². The number of carboxylic acid groups (broad SMARTS) is 1. The maximum Gasteiger partial charge on any atom is 0.306 e. The maximum atomic E-state index is 12.2. The van der Waals surface area contributed by atoms with E-state index in [9.17, 15) is 9.59 Å². The lowest BCUT2D eigenvalue weighted by molar-refractivity contribution is -0.143. The zero-order valence-corrected chi connectivity index (χ0v) is 14.0. The van der Waals surface area contributed by atoms with Crippen LogP contribution < -0.4 is 5.32 Å². The summed E-state index contributed by atoms with van der Waals surface area (Å²) >= 11 is 0. The molecule has 25 heavy (non-hydrogen) atoms. The molecule has 0 aromatic heterocycles. The van der Waals surface area contributed by atoms with Crippen LogP contribution in [0.5, 0.6) is 0 Å². The minimum atomic E-state index is -0.734. The average molecular weight is 338 g/mol. The Hall–Kier alpha value is -2.66. The van der Waals surface area contributed by atoms with E-state index in [1.807, 2.05) is 59.5 Å². The number of hydrogen-bond acceptors (Lipinski definition) is 3. The number of nitrogens with zero attached hydrogens (tertiary/aromatic N) is 1. The molecule has 1 aliphatic heterocycles. The van der Waals surface area contributed by atoms with Gasteiger partial charge in [-0.05, 0) is 49.2 Å². The second-order valence-electron chi connectivity index (χ2n) is 6.38. The molecular weight excluding hydrogens is 316 g/mol. The van der Waals surface area contributed by atoms with Gasteiger partial charge in [0, 0.05) is 5.69 Å². The Morgan fingerprint density at radius 3 is 2.16 bits per heavy atom. The smallest absolute Gasteiger partial charge is 0.306 e. The van der Waals surface area contributed by atoms with E-state index >= 15 is 0 Å². The van der Waals surface area contributed by atoms with Crippen LogP contribution in [0.2, 0.25) is 0 Å². The monoisotopic (exact) mass is 338 g/mol. The molecule has 3 rings (SSSR count). The number of likely N-dealkylation sites (tertiary alicyclic amines) is 1. The number of aliphatic carboxylic acids is 1. The third-order valence-corrected chi connectivity index (χ3v) is 4.58. The molecule has 1 saturated heterocycles. The van der Waals surface area contributed by atoms with Gasteiger partial charge in [0.1, 0.15) is 0 Å². The first-order valence-electron chi connectivity index (χ1n) is 8.52. The number of piperidine rings is 1. The largest absolute Gasteiger partial charge is 0.481 e. The number of hydrogen-bond donors (Lipinski definition) is 2.